The van der Waals surface area contributed by atoms with E-state index >= 15 is 0 Å². The van der Waals surface area contributed by atoms with Crippen molar-refractivity contribution in [1.82, 2.24) is 4.40 Å². The summed E-state index contributed by atoms with van der Waals surface area (Å²) in [6, 6.07) is 83.2. The molecule has 0 aliphatic heterocycles. The molecule has 14 rings (SSSR count). The van der Waals surface area contributed by atoms with E-state index in [2.05, 4.69) is 304 Å². The highest BCUT2D eigenvalue weighted by molar-refractivity contribution is 8.32. The number of anilines is 6. The second kappa shape index (κ2) is 17.8. The molecule has 0 bridgehead atoms. The maximum absolute atomic E-state index is 2.66. The number of para-hydroxylation sites is 2. The minimum atomic E-state index is -1.62. The Hall–Kier alpha value is -7.40. The van der Waals surface area contributed by atoms with Crippen LogP contribution in [0.5, 0.6) is 0 Å². The zero-order chi connectivity index (χ0) is 55.4. The zero-order valence-corrected chi connectivity index (χ0v) is 52.3. The molecule has 396 valence electrons. The smallest absolute Gasteiger partial charge is 0.0775 e. The molecule has 80 heavy (non-hydrogen) atoms. The minimum Gasteiger partial charge on any atom is -0.310 e. The molecule has 0 fully saturated rings. The fraction of sp³-hybridized carbons (Fsp3) is 0.178. The van der Waals surface area contributed by atoms with Crippen molar-refractivity contribution in [3.8, 4) is 22.3 Å². The van der Waals surface area contributed by atoms with E-state index in [0.29, 0.717) is 0 Å². The van der Waals surface area contributed by atoms with Gasteiger partial charge in [-0.1, -0.05) is 202 Å². The summed E-state index contributed by atoms with van der Waals surface area (Å²) < 4.78 is 2.66. The second-order valence-corrected chi connectivity index (χ2v) is 45.9. The number of fused-ring (bicyclic) bond motifs is 17. The summed E-state index contributed by atoms with van der Waals surface area (Å²) in [7, 11) is -5.75. The molecule has 0 amide bonds. The lowest BCUT2D eigenvalue weighted by Crippen LogP contribution is -2.37. The molecule has 10 aromatic carbocycles. The molecular weight excluding hydrogens is 1040 g/mol. The minimum absolute atomic E-state index is 0.670. The van der Waals surface area contributed by atoms with Crippen LogP contribution in [0.4, 0.5) is 34.1 Å². The largest absolute Gasteiger partial charge is 0.310 e. The molecule has 0 saturated carbocycles. The van der Waals surface area contributed by atoms with Crippen molar-refractivity contribution in [2.75, 3.05) is 28.6 Å². The highest BCUT2D eigenvalue weighted by atomic mass is 32.3. The van der Waals surface area contributed by atoms with E-state index in [0.717, 1.165) is 28.4 Å². The molecule has 0 radical (unpaired) electrons. The number of rotatable bonds is 10. The number of hydrogen-bond acceptors (Lipinski definition) is 2. The topological polar surface area (TPSA) is 10.9 Å². The van der Waals surface area contributed by atoms with Crippen molar-refractivity contribution < 1.29 is 0 Å². The van der Waals surface area contributed by atoms with Crippen LogP contribution in [0.3, 0.4) is 0 Å². The van der Waals surface area contributed by atoms with Crippen molar-refractivity contribution in [3.05, 3.63) is 235 Å². The Bertz CT molecular complexity index is 4270. The van der Waals surface area contributed by atoms with Gasteiger partial charge in [-0.05, 0) is 148 Å². The molecule has 7 heteroatoms. The first-order valence-corrected chi connectivity index (χ1v) is 41.9. The Labute approximate surface area is 477 Å². The molecule has 2 aliphatic carbocycles. The molecule has 12 aromatic rings. The predicted molar refractivity (Wildman–Crippen MR) is 359 cm³/mol. The van der Waals surface area contributed by atoms with E-state index in [1.54, 1.807) is 0 Å². The van der Waals surface area contributed by atoms with Crippen molar-refractivity contribution >= 4 is 122 Å². The third-order valence-corrected chi connectivity index (χ3v) is 25.7. The van der Waals surface area contributed by atoms with Gasteiger partial charge in [-0.3, -0.25) is 0 Å². The summed E-state index contributed by atoms with van der Waals surface area (Å²) in [6.07, 6.45) is 7.16. The number of aromatic nitrogens is 1. The highest BCUT2D eigenvalue weighted by Crippen LogP contribution is 2.66. The molecule has 3 nitrogen and oxygen atoms in total. The van der Waals surface area contributed by atoms with E-state index in [-0.39, 0.29) is 0 Å². The van der Waals surface area contributed by atoms with Crippen LogP contribution in [-0.4, -0.2) is 47.4 Å². The molecule has 1 spiro atoms. The first kappa shape index (κ1) is 50.8. The summed E-state index contributed by atoms with van der Waals surface area (Å²) in [4.78, 5) is 6.53. The van der Waals surface area contributed by atoms with E-state index in [4.69, 9.17) is 0 Å². The first-order chi connectivity index (χ1) is 38.2. The number of benzene rings is 10. The van der Waals surface area contributed by atoms with Crippen LogP contribution in [0.2, 0.25) is 58.9 Å². The van der Waals surface area contributed by atoms with Crippen LogP contribution >= 0.6 is 10.0 Å². The Morgan fingerprint density at radius 1 is 0.362 bits per heavy atom. The van der Waals surface area contributed by atoms with Gasteiger partial charge in [0.15, 0.2) is 0 Å². The molecule has 0 atom stereocenters. The van der Waals surface area contributed by atoms with Gasteiger partial charge in [0.25, 0.3) is 0 Å². The highest BCUT2D eigenvalue weighted by Gasteiger charge is 2.53. The van der Waals surface area contributed by atoms with Gasteiger partial charge in [0.05, 0.1) is 51.9 Å². The summed E-state index contributed by atoms with van der Waals surface area (Å²) in [5, 5.41) is 9.49. The number of nitrogens with zero attached hydrogens (tertiary/aromatic N) is 3. The van der Waals surface area contributed by atoms with Crippen molar-refractivity contribution in [2.24, 2.45) is 0 Å². The second-order valence-electron chi connectivity index (χ2n) is 26.6. The molecule has 2 aliphatic rings. The lowest BCUT2D eigenvalue weighted by atomic mass is 9.70. The normalized spacial score (nSPS) is 14.1. The summed E-state index contributed by atoms with van der Waals surface area (Å²) in [5.74, 6) is 0. The molecule has 0 saturated heterocycles. The van der Waals surface area contributed by atoms with E-state index in [1.807, 2.05) is 0 Å². The van der Waals surface area contributed by atoms with Gasteiger partial charge in [0.2, 0.25) is 0 Å². The zero-order valence-electron chi connectivity index (χ0n) is 48.5. The SMILES string of the molecule is C[Si](C)(C)c1ccc(N(c2ccc(S(C)(C)C)cc2)c2ccc3c(c2)C2(c4ccccc4-c4ccccc42)c2cc(N(c4ccc([Si](C)(C)C)cc4)c4ccc([Si](C)(C)C)cc4)c4c5cccc6c7ccccc7n(c4c2-3)c65)cc1. The van der Waals surface area contributed by atoms with Gasteiger partial charge < -0.3 is 14.2 Å². The van der Waals surface area contributed by atoms with Crippen LogP contribution in [-0.2, 0) is 5.41 Å². The third kappa shape index (κ3) is 7.57. The third-order valence-electron chi connectivity index (χ3n) is 17.8. The summed E-state index contributed by atoms with van der Waals surface area (Å²) >= 11 is 0. The first-order valence-electron chi connectivity index (χ1n) is 28.5. The fourth-order valence-electron chi connectivity index (χ4n) is 13.7. The molecule has 2 aromatic heterocycles. The Morgan fingerprint density at radius 3 is 1.34 bits per heavy atom. The molecule has 0 N–H and O–H groups in total. The molecular formula is C73H71N3SSi3. The standard InChI is InChI=1S/C73H71N3SSi3/c1-77(2,3)53-37-28-48(29-38-53)74(49-30-39-54(40-31-49)78(4,5)6)52-36-45-61-65(46-52)73(63-25-16-13-20-57(63)58-21-14-17-26-64(58)73)66-47-68(70-62-24-19-23-60-59-22-15-18-27-67(59)76(71(60)62)72(70)69(61)66)75(50-32-41-55(42-33-50)79(7,8)9)51-34-43-56(44-35-51)80(10,11)12/h13-47H,1-12H3. The maximum atomic E-state index is 2.66. The van der Waals surface area contributed by atoms with Crippen molar-refractivity contribution in [3.63, 3.8) is 0 Å². The van der Waals surface area contributed by atoms with Crippen molar-refractivity contribution in [2.45, 2.75) is 69.2 Å². The Morgan fingerprint density at radius 2 is 0.812 bits per heavy atom. The van der Waals surface area contributed by atoms with Gasteiger partial charge in [-0.15, -0.1) is 0 Å². The van der Waals surface area contributed by atoms with Gasteiger partial charge >= 0.3 is 0 Å². The van der Waals surface area contributed by atoms with Crippen LogP contribution in [0, 0.1) is 0 Å². The maximum Gasteiger partial charge on any atom is 0.0775 e. The van der Waals surface area contributed by atoms with E-state index in [9.17, 15) is 0 Å². The lowest BCUT2D eigenvalue weighted by Gasteiger charge is -2.34. The van der Waals surface area contributed by atoms with Gasteiger partial charge in [0.1, 0.15) is 0 Å². The summed E-state index contributed by atoms with van der Waals surface area (Å²) in [6.45, 7) is 22.0. The van der Waals surface area contributed by atoms with Crippen LogP contribution in [0.15, 0.2) is 217 Å². The van der Waals surface area contributed by atoms with Crippen molar-refractivity contribution in [1.29, 1.82) is 0 Å². The van der Waals surface area contributed by atoms with Crippen LogP contribution in [0.1, 0.15) is 22.3 Å². The van der Waals surface area contributed by atoms with Gasteiger partial charge in [-0.25, -0.2) is 10.0 Å². The Kier molecular flexibility index (Phi) is 11.3. The summed E-state index contributed by atoms with van der Waals surface area (Å²) in [5.41, 5.74) is 20.6. The van der Waals surface area contributed by atoms with Crippen LogP contribution in [0.25, 0.3) is 60.3 Å². The Balaban J connectivity index is 1.14. The number of hydrogen-bond donors (Lipinski definition) is 0. The molecule has 2 heterocycles. The average molecular weight is 1110 g/mol. The average Bonchev–Trinajstić information content (AvgIpc) is 4.09. The lowest BCUT2D eigenvalue weighted by molar-refractivity contribution is 0.794. The monoisotopic (exact) mass is 1110 g/mol. The van der Waals surface area contributed by atoms with E-state index in [1.165, 1.54) is 109 Å². The molecule has 0 unspecified atom stereocenters. The fourth-order valence-corrected chi connectivity index (χ4v) is 18.2. The predicted octanol–water partition coefficient (Wildman–Crippen LogP) is 18.8. The van der Waals surface area contributed by atoms with E-state index < -0.39 is 39.7 Å². The van der Waals surface area contributed by atoms with Gasteiger partial charge in [-0.2, -0.15) is 0 Å². The quantitative estimate of drug-likeness (QED) is 0.126. The van der Waals surface area contributed by atoms with Gasteiger partial charge in [0, 0.05) is 55.5 Å². The van der Waals surface area contributed by atoms with Crippen LogP contribution < -0.4 is 25.4 Å².